The standard InChI is InChI=1S/C18H25F2N4O6P.C18H26FN2O9P.C17H23F2N4O6P.C16H21F2N4O6P.C14H20FN2O8P/c1-6-26-14-12-13(22-11(4)23-14)24(9-21-12)16-17(5,19)15-18(20,29-16)8-28-31(25,30-15)27-7-10(2)3;1-11(2)28-16(23)26-10-27-31(25)8-6-18(9-19)14(30-31)17(4,24)15(29-18)21-7-5-13(22)20-12(21)3;1-6-25-13-11-12(21-10(4)22-13)23(8-20-11)15-16(5,18)14-17(19,27-15)7-26-30(24,29-14)28-9(2)3;1-5-24-12-10-11(20-9(3)21-12)22(8-19-10)14-15(4,17)13-16(18,27-14)7-26-29(23,28-13)25-6-2;1-8(2)24-26(21)22-7-14(6-15)10(25-26)13(3,20)11(23-14)17-5-4-9(18)16-12(17)19/h9-10,15-16H,6-8H2,1-5H3;5,7,11,14-15,24H,3,6,8-10H2,1-2,4H3,(H,20,22);8-9,14-15H,6-7H2,1-5H3;8,13-14H,5-7H2,1-4H3;4-5,8,10-11,20H,6-7H2,1-3H3,(H,16,18,19)/t15-,16+,17+,18+,31?;14-,15+,17+,18-,31?;14-,15+,16+,17+,30?;13-,14+,15+,16+,29?;10-,11+,13+,14+,26?/m00000/s1. The van der Waals surface area contributed by atoms with E-state index in [9.17, 15) is 61.0 Å². The number of phosphoric ester groups is 4. The van der Waals surface area contributed by atoms with Crippen LogP contribution >= 0.6 is 38.9 Å². The highest BCUT2D eigenvalue weighted by atomic mass is 31.2. The summed E-state index contributed by atoms with van der Waals surface area (Å²) in [6.45, 7) is 29.9. The number of rotatable bonds is 26. The third-order valence-corrected chi connectivity index (χ3v) is 31.6. The van der Waals surface area contributed by atoms with E-state index in [-0.39, 0.29) is 88.7 Å². The van der Waals surface area contributed by atoms with Crippen LogP contribution in [0.2, 0.25) is 0 Å². The van der Waals surface area contributed by atoms with Crippen LogP contribution in [0.5, 0.6) is 17.6 Å². The van der Waals surface area contributed by atoms with Gasteiger partial charge in [-0.05, 0) is 137 Å². The molecule has 11 aliphatic heterocycles. The molecule has 51 nitrogen and oxygen atoms in total. The molecule has 0 spiro atoms. The molecule has 11 aliphatic rings. The van der Waals surface area contributed by atoms with E-state index in [1.165, 1.54) is 63.7 Å². The molecular formula is C83H115F8N16O35P5. The van der Waals surface area contributed by atoms with Gasteiger partial charge in [-0.25, -0.2) is 92.9 Å². The summed E-state index contributed by atoms with van der Waals surface area (Å²) in [5.41, 5.74) is -14.7. The van der Waals surface area contributed by atoms with Gasteiger partial charge in [0.2, 0.25) is 24.4 Å². The highest BCUT2D eigenvalue weighted by Crippen LogP contribution is 2.69. The number of nitrogens with zero attached hydrogens (tertiary/aromatic N) is 14. The van der Waals surface area contributed by atoms with Crippen molar-refractivity contribution in [2.24, 2.45) is 5.92 Å². The van der Waals surface area contributed by atoms with Crippen molar-refractivity contribution in [2.45, 2.75) is 282 Å². The molecular weight excluding hydrogens is 2090 g/mol. The lowest BCUT2D eigenvalue weighted by Gasteiger charge is -2.41. The van der Waals surface area contributed by atoms with Crippen LogP contribution in [-0.2, 0) is 124 Å². The Balaban J connectivity index is 0.000000145. The topological polar surface area (TPSA) is 582 Å². The third-order valence-electron chi connectivity index (χ3n) is 23.7. The number of alkyl halides is 8. The van der Waals surface area contributed by atoms with Gasteiger partial charge < -0.3 is 67.8 Å². The number of hydrogen-bond acceptors (Lipinski definition) is 45. The van der Waals surface area contributed by atoms with Crippen molar-refractivity contribution in [3.63, 3.8) is 0 Å². The number of amides is 1. The lowest BCUT2D eigenvalue weighted by Crippen LogP contribution is -2.57. The number of ether oxygens (including phenoxy) is 10. The Hall–Kier alpha value is -8.50. The number of halogens is 8. The Morgan fingerprint density at radius 3 is 1.31 bits per heavy atom. The van der Waals surface area contributed by atoms with Crippen LogP contribution in [0, 0.1) is 26.7 Å². The SMILES string of the molecule is C=C1NC(=O)C=CN1[C@@H]1O[C@]2(CF)CCP(=O)(OCOC(=O)OC(C)C)O[C@H]2[C@@]1(C)O.CC(C)OP1(=O)OC[C@@]2(CF)O[C@@H](n3ccc(=O)[nH]c3=O)[C@](C)(O)[C@@H]2O1.CCOc1nc(C)nc2c1ncn2[C@@H]1O[C@]2(F)COP(=O)(OC(C)C)O[C@H]2[C@@]1(C)F.CCOc1nc(C)nc2c1ncn2[C@@H]1O[C@]2(F)COP(=O)(OCC(C)C)O[C@H]2[C@@]1(C)F.CCOc1nc(C)nc2c1ncn2[C@@H]1O[C@]2(F)COP(=O)(OCC)O[C@H]2[C@@]1(C)F. The zero-order valence-corrected chi connectivity index (χ0v) is 87.6. The molecule has 5 unspecified atom stereocenters. The summed E-state index contributed by atoms with van der Waals surface area (Å²) in [4.78, 5) is 87.6. The zero-order valence-electron chi connectivity index (χ0n) is 83.1. The summed E-state index contributed by atoms with van der Waals surface area (Å²) in [6, 6.07) is 1.05. The summed E-state index contributed by atoms with van der Waals surface area (Å²) in [7, 11) is -20.4. The molecule has 1 amide bonds. The Kier molecular flexibility index (Phi) is 33.0. The van der Waals surface area contributed by atoms with Gasteiger partial charge >= 0.3 is 50.7 Å². The van der Waals surface area contributed by atoms with Crippen molar-refractivity contribution >= 4 is 84.4 Å². The third kappa shape index (κ3) is 22.7. The molecule has 25 atom stereocenters. The molecule has 818 valence electrons. The van der Waals surface area contributed by atoms with Crippen molar-refractivity contribution in [3.8, 4) is 17.6 Å². The Morgan fingerprint density at radius 2 is 0.912 bits per heavy atom. The van der Waals surface area contributed by atoms with E-state index in [1.54, 1.807) is 90.0 Å². The highest BCUT2D eigenvalue weighted by Gasteiger charge is 2.76. The van der Waals surface area contributed by atoms with E-state index in [0.717, 1.165) is 37.6 Å². The molecule has 64 heteroatoms. The van der Waals surface area contributed by atoms with Crippen molar-refractivity contribution in [1.29, 1.82) is 0 Å². The average Bonchev–Trinajstić information content (AvgIpc) is 1.56. The van der Waals surface area contributed by atoms with Crippen LogP contribution < -0.4 is 30.8 Å². The Morgan fingerprint density at radius 1 is 0.510 bits per heavy atom. The first kappa shape index (κ1) is 114. The van der Waals surface area contributed by atoms with Crippen molar-refractivity contribution < 1.29 is 188 Å². The monoisotopic (exact) mass is 2200 g/mol. The number of phosphoric acid groups is 4. The molecule has 18 heterocycles. The molecule has 147 heavy (non-hydrogen) atoms. The predicted molar refractivity (Wildman–Crippen MR) is 487 cm³/mol. The molecule has 10 fully saturated rings. The quantitative estimate of drug-likeness (QED) is 0.0169. The number of fused-ring (bicyclic) bond motifs is 8. The minimum atomic E-state index is -4.17. The zero-order chi connectivity index (χ0) is 108. The van der Waals surface area contributed by atoms with Gasteiger partial charge in [0.15, 0.2) is 106 Å². The van der Waals surface area contributed by atoms with Crippen LogP contribution in [0.25, 0.3) is 33.5 Å². The van der Waals surface area contributed by atoms with E-state index in [2.05, 4.69) is 56.8 Å². The lowest BCUT2D eigenvalue weighted by molar-refractivity contribution is -0.220. The van der Waals surface area contributed by atoms with Crippen LogP contribution in [0.1, 0.15) is 167 Å². The van der Waals surface area contributed by atoms with E-state index >= 15 is 26.3 Å². The van der Waals surface area contributed by atoms with Gasteiger partial charge in [0.05, 0.1) is 83.1 Å². The molecule has 7 aromatic rings. The number of nitrogens with one attached hydrogen (secondary N) is 2. The number of H-pyrrole nitrogens is 1. The molecule has 10 saturated heterocycles. The fraction of sp³-hybridized carbons (Fsp3) is 0.699. The normalized spacial score (nSPS) is 37.2. The minimum Gasteiger partial charge on any atom is -0.476 e. The first-order valence-electron chi connectivity index (χ1n) is 46.1. The summed E-state index contributed by atoms with van der Waals surface area (Å²) >= 11 is 0. The summed E-state index contributed by atoms with van der Waals surface area (Å²) in [5, 5.41) is 24.6. The smallest absolute Gasteiger partial charge is 0.476 e. The molecule has 0 radical (unpaired) electrons. The molecule has 0 saturated carbocycles. The van der Waals surface area contributed by atoms with Gasteiger partial charge in [-0.15, -0.1) is 0 Å². The first-order valence-corrected chi connectivity index (χ1v) is 53.7. The maximum atomic E-state index is 16.0. The second kappa shape index (κ2) is 42.5. The molecule has 18 rings (SSSR count). The number of hydrogen-bond donors (Lipinski definition) is 4. The van der Waals surface area contributed by atoms with Crippen molar-refractivity contribution in [3.05, 3.63) is 94.2 Å². The van der Waals surface area contributed by atoms with E-state index in [1.807, 2.05) is 18.8 Å². The maximum absolute atomic E-state index is 16.0. The second-order valence-corrected chi connectivity index (χ2v) is 45.8. The summed E-state index contributed by atoms with van der Waals surface area (Å²) < 4.78 is 316. The van der Waals surface area contributed by atoms with E-state index in [4.69, 9.17) is 111 Å². The lowest BCUT2D eigenvalue weighted by atomic mass is 9.86. The van der Waals surface area contributed by atoms with Gasteiger partial charge in [0, 0.05) is 24.5 Å². The average molecular weight is 2200 g/mol. The number of aromatic amines is 1. The fourth-order valence-corrected chi connectivity index (χ4v) is 25.8. The van der Waals surface area contributed by atoms with E-state index in [0.29, 0.717) is 37.3 Å². The van der Waals surface area contributed by atoms with Gasteiger partial charge in [-0.2, -0.15) is 15.0 Å². The van der Waals surface area contributed by atoms with Gasteiger partial charge in [0.25, 0.3) is 29.0 Å². The number of aliphatic hydroxyl groups is 2. The summed E-state index contributed by atoms with van der Waals surface area (Å²) in [6.07, 6.45) is -11.0. The highest BCUT2D eigenvalue weighted by molar-refractivity contribution is 7.54. The second-order valence-electron chi connectivity index (χ2n) is 37.3. The van der Waals surface area contributed by atoms with Gasteiger partial charge in [-0.3, -0.25) is 101 Å². The molecule has 7 aromatic heterocycles. The van der Waals surface area contributed by atoms with Crippen LogP contribution in [-0.4, -0.2) is 293 Å². The van der Waals surface area contributed by atoms with E-state index < -0.39 is 246 Å². The molecule has 4 N–H and O–H groups in total. The number of carbonyl (C=O) groups is 2. The summed E-state index contributed by atoms with van der Waals surface area (Å²) in [5.74, 6) is -6.62. The van der Waals surface area contributed by atoms with Gasteiger partial charge in [-0.1, -0.05) is 20.4 Å². The minimum absolute atomic E-state index is 0.0131. The maximum Gasteiger partial charge on any atom is 0.510 e. The predicted octanol–water partition coefficient (Wildman–Crippen LogP) is 12.3. The first-order chi connectivity index (χ1) is 68.6. The molecule has 0 bridgehead atoms. The number of aromatic nitrogens is 14. The van der Waals surface area contributed by atoms with Crippen molar-refractivity contribution in [1.82, 2.24) is 78.3 Å². The number of aryl methyl sites for hydroxylation is 3. The largest absolute Gasteiger partial charge is 0.510 e. The van der Waals surface area contributed by atoms with Crippen LogP contribution in [0.3, 0.4) is 0 Å². The number of imidazole rings is 3. The van der Waals surface area contributed by atoms with Gasteiger partial charge in [0.1, 0.15) is 85.5 Å². The molecule has 0 aliphatic carbocycles. The molecule has 0 aromatic carbocycles. The Bertz CT molecular complexity index is 6470. The van der Waals surface area contributed by atoms with Crippen LogP contribution in [0.4, 0.5) is 39.9 Å². The Labute approximate surface area is 833 Å². The van der Waals surface area contributed by atoms with Crippen molar-refractivity contribution in [2.75, 3.05) is 85.8 Å². The van der Waals surface area contributed by atoms with Crippen LogP contribution in [0.15, 0.2) is 65.5 Å². The number of carbonyl (C=O) groups excluding carboxylic acids is 2. The fourth-order valence-electron chi connectivity index (χ4n) is 17.5.